The van der Waals surface area contributed by atoms with Gasteiger partial charge < -0.3 is 14.8 Å². The number of nitrogens with one attached hydrogen (secondary N) is 1. The molecule has 0 aromatic heterocycles. The molecule has 1 atom stereocenters. The molecule has 1 rings (SSSR count). The van der Waals surface area contributed by atoms with E-state index in [9.17, 15) is 14.0 Å². The van der Waals surface area contributed by atoms with Crippen LogP contribution >= 0.6 is 0 Å². The fourth-order valence-corrected chi connectivity index (χ4v) is 1.78. The standard InChI is InChI=1S/C16H22FNO3/c1-15(2,3)21-14(20)18-16(4,11-19)10-9-12-7-5-6-8-13(12)17/h5-8,11H,9-10H2,1-4H3,(H,18,20). The summed E-state index contributed by atoms with van der Waals surface area (Å²) >= 11 is 0. The zero-order valence-corrected chi connectivity index (χ0v) is 12.9. The van der Waals surface area contributed by atoms with Gasteiger partial charge in [-0.3, -0.25) is 0 Å². The van der Waals surface area contributed by atoms with Crippen molar-refractivity contribution < 1.29 is 18.7 Å². The van der Waals surface area contributed by atoms with Gasteiger partial charge in [0.2, 0.25) is 0 Å². The molecule has 0 aliphatic rings. The van der Waals surface area contributed by atoms with Crippen LogP contribution in [0.5, 0.6) is 0 Å². The van der Waals surface area contributed by atoms with Crippen LogP contribution in [0.15, 0.2) is 24.3 Å². The van der Waals surface area contributed by atoms with Crippen LogP contribution in [0.1, 0.15) is 39.7 Å². The average molecular weight is 295 g/mol. The van der Waals surface area contributed by atoms with Crippen LogP contribution < -0.4 is 5.32 Å². The van der Waals surface area contributed by atoms with Crippen molar-refractivity contribution in [2.24, 2.45) is 0 Å². The van der Waals surface area contributed by atoms with Gasteiger partial charge in [-0.05, 0) is 52.2 Å². The number of ether oxygens (including phenoxy) is 1. The number of amides is 1. The van der Waals surface area contributed by atoms with Crippen molar-refractivity contribution in [3.05, 3.63) is 35.6 Å². The molecule has 1 aromatic carbocycles. The number of aldehydes is 1. The zero-order valence-electron chi connectivity index (χ0n) is 12.9. The summed E-state index contributed by atoms with van der Waals surface area (Å²) in [6.45, 7) is 6.81. The molecule has 0 saturated carbocycles. The van der Waals surface area contributed by atoms with E-state index >= 15 is 0 Å². The third kappa shape index (κ3) is 5.94. The molecule has 21 heavy (non-hydrogen) atoms. The molecule has 0 saturated heterocycles. The van der Waals surface area contributed by atoms with Crippen molar-refractivity contribution >= 4 is 12.4 Å². The predicted octanol–water partition coefficient (Wildman–Crippen LogP) is 3.24. The molecule has 5 heteroatoms. The number of carbonyl (C=O) groups excluding carboxylic acids is 2. The van der Waals surface area contributed by atoms with E-state index in [-0.39, 0.29) is 12.2 Å². The molecule has 1 unspecified atom stereocenters. The Labute approximate surface area is 124 Å². The van der Waals surface area contributed by atoms with Crippen LogP contribution in [0.2, 0.25) is 0 Å². The molecule has 4 nitrogen and oxygen atoms in total. The molecule has 0 fully saturated rings. The van der Waals surface area contributed by atoms with Gasteiger partial charge in [0, 0.05) is 0 Å². The lowest BCUT2D eigenvalue weighted by Gasteiger charge is -2.27. The first-order valence-corrected chi connectivity index (χ1v) is 6.86. The summed E-state index contributed by atoms with van der Waals surface area (Å²) in [5.74, 6) is -0.317. The molecule has 0 aliphatic carbocycles. The SMILES string of the molecule is CC(C=O)(CCc1ccccc1F)NC(=O)OC(C)(C)C. The zero-order chi connectivity index (χ0) is 16.1. The lowest BCUT2D eigenvalue weighted by Crippen LogP contribution is -2.49. The van der Waals surface area contributed by atoms with Gasteiger partial charge in [-0.1, -0.05) is 18.2 Å². The van der Waals surface area contributed by atoms with Crippen LogP contribution in [-0.2, 0) is 16.0 Å². The normalized spacial score (nSPS) is 14.1. The maximum atomic E-state index is 13.6. The number of carbonyl (C=O) groups is 2. The van der Waals surface area contributed by atoms with E-state index in [2.05, 4.69) is 5.32 Å². The minimum absolute atomic E-state index is 0.288. The van der Waals surface area contributed by atoms with Crippen molar-refractivity contribution in [3.8, 4) is 0 Å². The van der Waals surface area contributed by atoms with Gasteiger partial charge in [-0.15, -0.1) is 0 Å². The second-order valence-electron chi connectivity index (χ2n) is 6.25. The smallest absolute Gasteiger partial charge is 0.408 e. The number of alkyl carbamates (subject to hydrolysis) is 1. The van der Waals surface area contributed by atoms with Crippen LogP contribution in [0, 0.1) is 5.82 Å². The Morgan fingerprint density at radius 1 is 1.29 bits per heavy atom. The second kappa shape index (κ2) is 6.70. The summed E-state index contributed by atoms with van der Waals surface area (Å²) in [7, 11) is 0. The Morgan fingerprint density at radius 2 is 1.90 bits per heavy atom. The lowest BCUT2D eigenvalue weighted by atomic mass is 9.94. The molecule has 0 spiro atoms. The number of halogens is 1. The van der Waals surface area contributed by atoms with E-state index in [1.54, 1.807) is 45.9 Å². The van der Waals surface area contributed by atoms with Gasteiger partial charge in [0.05, 0.1) is 5.54 Å². The van der Waals surface area contributed by atoms with Crippen molar-refractivity contribution in [1.82, 2.24) is 5.32 Å². The quantitative estimate of drug-likeness (QED) is 0.848. The molecular formula is C16H22FNO3. The minimum atomic E-state index is -1.09. The van der Waals surface area contributed by atoms with E-state index in [1.807, 2.05) is 0 Å². The molecule has 1 aromatic rings. The van der Waals surface area contributed by atoms with E-state index < -0.39 is 17.2 Å². The summed E-state index contributed by atoms with van der Waals surface area (Å²) < 4.78 is 18.7. The van der Waals surface area contributed by atoms with E-state index in [1.165, 1.54) is 6.07 Å². The second-order valence-corrected chi connectivity index (χ2v) is 6.25. The van der Waals surface area contributed by atoms with Crippen molar-refractivity contribution in [2.45, 2.75) is 51.7 Å². The van der Waals surface area contributed by atoms with Crippen LogP contribution in [0.4, 0.5) is 9.18 Å². The Morgan fingerprint density at radius 3 is 2.43 bits per heavy atom. The van der Waals surface area contributed by atoms with Crippen molar-refractivity contribution in [1.29, 1.82) is 0 Å². The molecule has 116 valence electrons. The lowest BCUT2D eigenvalue weighted by molar-refractivity contribution is -0.113. The summed E-state index contributed by atoms with van der Waals surface area (Å²) in [6.07, 6.45) is 0.622. The maximum absolute atomic E-state index is 13.6. The monoisotopic (exact) mass is 295 g/mol. The number of benzene rings is 1. The van der Waals surface area contributed by atoms with Crippen LogP contribution in [-0.4, -0.2) is 23.5 Å². The Bertz CT molecular complexity index is 510. The molecule has 1 amide bonds. The highest BCUT2D eigenvalue weighted by molar-refractivity contribution is 5.76. The highest BCUT2D eigenvalue weighted by atomic mass is 19.1. The first-order chi connectivity index (χ1) is 9.65. The van der Waals surface area contributed by atoms with E-state index in [0.29, 0.717) is 18.3 Å². The molecule has 0 heterocycles. The molecular weight excluding hydrogens is 273 g/mol. The fourth-order valence-electron chi connectivity index (χ4n) is 1.78. The van der Waals surface area contributed by atoms with Gasteiger partial charge in [-0.25, -0.2) is 9.18 Å². The largest absolute Gasteiger partial charge is 0.444 e. The number of hydrogen-bond donors (Lipinski definition) is 1. The number of aryl methyl sites for hydroxylation is 1. The topological polar surface area (TPSA) is 55.4 Å². The molecule has 0 bridgehead atoms. The van der Waals surface area contributed by atoms with Gasteiger partial charge in [0.25, 0.3) is 0 Å². The molecule has 0 radical (unpaired) electrons. The fraction of sp³-hybridized carbons (Fsp3) is 0.500. The highest BCUT2D eigenvalue weighted by Crippen LogP contribution is 2.16. The number of rotatable bonds is 5. The Balaban J connectivity index is 2.66. The Hall–Kier alpha value is -1.91. The summed E-state index contributed by atoms with van der Waals surface area (Å²) in [5, 5.41) is 2.54. The van der Waals surface area contributed by atoms with Crippen molar-refractivity contribution in [3.63, 3.8) is 0 Å². The van der Waals surface area contributed by atoms with E-state index in [4.69, 9.17) is 4.74 Å². The summed E-state index contributed by atoms with van der Waals surface area (Å²) in [5.41, 5.74) is -1.22. The van der Waals surface area contributed by atoms with Crippen LogP contribution in [0.3, 0.4) is 0 Å². The summed E-state index contributed by atoms with van der Waals surface area (Å²) in [6, 6.07) is 6.37. The minimum Gasteiger partial charge on any atom is -0.444 e. The van der Waals surface area contributed by atoms with Gasteiger partial charge in [0.1, 0.15) is 17.7 Å². The highest BCUT2D eigenvalue weighted by Gasteiger charge is 2.28. The van der Waals surface area contributed by atoms with Crippen LogP contribution in [0.25, 0.3) is 0 Å². The number of hydrogen-bond acceptors (Lipinski definition) is 3. The van der Waals surface area contributed by atoms with Crippen molar-refractivity contribution in [2.75, 3.05) is 0 Å². The third-order valence-electron chi connectivity index (χ3n) is 2.92. The Kier molecular flexibility index (Phi) is 5.47. The van der Waals surface area contributed by atoms with E-state index in [0.717, 1.165) is 0 Å². The molecule has 0 aliphatic heterocycles. The summed E-state index contributed by atoms with van der Waals surface area (Å²) in [4.78, 5) is 23.0. The van der Waals surface area contributed by atoms with Gasteiger partial charge in [-0.2, -0.15) is 0 Å². The average Bonchev–Trinajstić information content (AvgIpc) is 2.35. The first-order valence-electron chi connectivity index (χ1n) is 6.86. The third-order valence-corrected chi connectivity index (χ3v) is 2.92. The van der Waals surface area contributed by atoms with Gasteiger partial charge in [0.15, 0.2) is 0 Å². The molecule has 1 N–H and O–H groups in total. The first kappa shape index (κ1) is 17.1. The predicted molar refractivity (Wildman–Crippen MR) is 78.6 cm³/mol. The van der Waals surface area contributed by atoms with Gasteiger partial charge >= 0.3 is 6.09 Å². The maximum Gasteiger partial charge on any atom is 0.408 e.